The number of carbonyl (C=O) groups excluding carboxylic acids is 2. The normalized spacial score (nSPS) is 10.9. The highest BCUT2D eigenvalue weighted by Gasteiger charge is 2.23. The maximum Gasteiger partial charge on any atom is 0.348 e. The fourth-order valence-electron chi connectivity index (χ4n) is 3.44. The zero-order valence-corrected chi connectivity index (χ0v) is 20.0. The van der Waals surface area contributed by atoms with Gasteiger partial charge in [-0.2, -0.15) is 10.5 Å². The summed E-state index contributed by atoms with van der Waals surface area (Å²) in [7, 11) is 0. The van der Waals surface area contributed by atoms with E-state index in [9.17, 15) is 24.9 Å². The molecule has 0 saturated carbocycles. The molecule has 8 nitrogen and oxygen atoms in total. The lowest BCUT2D eigenvalue weighted by atomic mass is 10.0. The fourth-order valence-corrected chi connectivity index (χ4v) is 4.59. The standard InChI is InChI=1S/C26H20N2O6S/c1-4-33-26(32)24-15(3)20(13-28)23(35-24)11-21(29)17(12-27)10-18-6-8-22(34-18)19-7-5-16(25(30)31)9-14(19)2/h5-10H,4,11H2,1-3H3,(H,30,31)/b17-10+. The molecule has 0 saturated heterocycles. The van der Waals surface area contributed by atoms with Crippen LogP contribution in [-0.2, 0) is 16.0 Å². The number of hydrogen-bond acceptors (Lipinski definition) is 8. The van der Waals surface area contributed by atoms with Gasteiger partial charge in [-0.3, -0.25) is 4.79 Å². The highest BCUT2D eigenvalue weighted by Crippen LogP contribution is 2.30. The number of allylic oxidation sites excluding steroid dienone is 1. The van der Waals surface area contributed by atoms with Crippen molar-refractivity contribution >= 4 is 35.1 Å². The molecule has 2 aromatic heterocycles. The molecule has 0 unspecified atom stereocenters. The van der Waals surface area contributed by atoms with Crippen molar-refractivity contribution in [1.29, 1.82) is 10.5 Å². The zero-order chi connectivity index (χ0) is 25.7. The first-order chi connectivity index (χ1) is 16.7. The molecular weight excluding hydrogens is 468 g/mol. The number of rotatable bonds is 8. The predicted octanol–water partition coefficient (Wildman–Crippen LogP) is 5.09. The molecule has 0 bridgehead atoms. The van der Waals surface area contributed by atoms with Crippen molar-refractivity contribution in [3.8, 4) is 23.5 Å². The lowest BCUT2D eigenvalue weighted by Gasteiger charge is -2.04. The van der Waals surface area contributed by atoms with Crippen LogP contribution in [-0.4, -0.2) is 29.4 Å². The smallest absolute Gasteiger partial charge is 0.348 e. The van der Waals surface area contributed by atoms with Crippen LogP contribution in [0.5, 0.6) is 0 Å². The van der Waals surface area contributed by atoms with Crippen LogP contribution < -0.4 is 0 Å². The number of carboxylic acid groups (broad SMARTS) is 1. The molecule has 0 amide bonds. The lowest BCUT2D eigenvalue weighted by molar-refractivity contribution is -0.114. The minimum absolute atomic E-state index is 0.155. The molecule has 0 aliphatic carbocycles. The Kier molecular flexibility index (Phi) is 7.65. The topological polar surface area (TPSA) is 141 Å². The Balaban J connectivity index is 1.86. The Morgan fingerprint density at radius 2 is 1.91 bits per heavy atom. The highest BCUT2D eigenvalue weighted by atomic mass is 32.1. The van der Waals surface area contributed by atoms with Gasteiger partial charge in [-0.05, 0) is 56.2 Å². The first-order valence-electron chi connectivity index (χ1n) is 10.5. The first kappa shape index (κ1) is 25.2. The molecule has 0 atom stereocenters. The van der Waals surface area contributed by atoms with E-state index in [2.05, 4.69) is 0 Å². The number of nitriles is 2. The van der Waals surface area contributed by atoms with Gasteiger partial charge in [-0.1, -0.05) is 6.07 Å². The second-order valence-corrected chi connectivity index (χ2v) is 8.60. The van der Waals surface area contributed by atoms with Crippen molar-refractivity contribution in [1.82, 2.24) is 0 Å². The van der Waals surface area contributed by atoms with Crippen molar-refractivity contribution in [3.05, 3.63) is 73.7 Å². The monoisotopic (exact) mass is 488 g/mol. The number of esters is 1. The molecule has 9 heteroatoms. The van der Waals surface area contributed by atoms with Crippen molar-refractivity contribution in [3.63, 3.8) is 0 Å². The summed E-state index contributed by atoms with van der Waals surface area (Å²) in [6.07, 6.45) is 1.09. The van der Waals surface area contributed by atoms with E-state index in [1.165, 1.54) is 18.2 Å². The number of furan rings is 1. The number of carboxylic acids is 1. The third-order valence-corrected chi connectivity index (χ3v) is 6.46. The molecule has 3 rings (SSSR count). The second kappa shape index (κ2) is 10.6. The van der Waals surface area contributed by atoms with Crippen LogP contribution in [0.15, 0.2) is 40.3 Å². The van der Waals surface area contributed by atoms with Crippen molar-refractivity contribution in [2.24, 2.45) is 0 Å². The minimum atomic E-state index is -1.03. The van der Waals surface area contributed by atoms with E-state index < -0.39 is 17.7 Å². The molecule has 0 aliphatic rings. The average Bonchev–Trinajstić information content (AvgIpc) is 3.41. The first-order valence-corrected chi connectivity index (χ1v) is 11.3. The Morgan fingerprint density at radius 1 is 1.17 bits per heavy atom. The van der Waals surface area contributed by atoms with E-state index >= 15 is 0 Å². The largest absolute Gasteiger partial charge is 0.478 e. The van der Waals surface area contributed by atoms with Crippen LogP contribution in [0.3, 0.4) is 0 Å². The molecule has 1 aromatic carbocycles. The summed E-state index contributed by atoms with van der Waals surface area (Å²) in [5.41, 5.74) is 2.03. The summed E-state index contributed by atoms with van der Waals surface area (Å²) in [6, 6.07) is 11.8. The maximum atomic E-state index is 12.9. The number of Topliss-reactive ketones (excluding diaryl/α,β-unsaturated/α-hetero) is 1. The molecule has 2 heterocycles. The minimum Gasteiger partial charge on any atom is -0.478 e. The Labute approximate surface area is 205 Å². The van der Waals surface area contributed by atoms with Crippen molar-refractivity contribution in [2.45, 2.75) is 27.2 Å². The predicted molar refractivity (Wildman–Crippen MR) is 128 cm³/mol. The number of benzene rings is 1. The van der Waals surface area contributed by atoms with Gasteiger partial charge in [0.1, 0.15) is 28.5 Å². The molecule has 3 aromatic rings. The molecule has 35 heavy (non-hydrogen) atoms. The third-order valence-electron chi connectivity index (χ3n) is 5.19. The quantitative estimate of drug-likeness (QED) is 0.262. The lowest BCUT2D eigenvalue weighted by Crippen LogP contribution is -2.05. The van der Waals surface area contributed by atoms with E-state index in [4.69, 9.17) is 14.3 Å². The number of hydrogen-bond donors (Lipinski definition) is 1. The van der Waals surface area contributed by atoms with E-state index in [0.717, 1.165) is 11.3 Å². The maximum absolute atomic E-state index is 12.9. The van der Waals surface area contributed by atoms with Crippen LogP contribution in [0, 0.1) is 36.5 Å². The number of ketones is 1. The number of aromatic carboxylic acids is 1. The van der Waals surface area contributed by atoms with Gasteiger partial charge in [0.2, 0.25) is 0 Å². The third kappa shape index (κ3) is 5.37. The molecule has 1 N–H and O–H groups in total. The average molecular weight is 489 g/mol. The van der Waals surface area contributed by atoms with E-state index in [1.54, 1.807) is 39.0 Å². The van der Waals surface area contributed by atoms with E-state index in [-0.39, 0.29) is 40.4 Å². The Bertz CT molecular complexity index is 1450. The van der Waals surface area contributed by atoms with Gasteiger partial charge in [0.15, 0.2) is 5.78 Å². The highest BCUT2D eigenvalue weighted by molar-refractivity contribution is 7.14. The summed E-state index contributed by atoms with van der Waals surface area (Å²) in [4.78, 5) is 36.8. The fraction of sp³-hybridized carbons (Fsp3) is 0.192. The van der Waals surface area contributed by atoms with Crippen LogP contribution >= 0.6 is 11.3 Å². The number of carbonyl (C=O) groups is 3. The van der Waals surface area contributed by atoms with Crippen LogP contribution in [0.25, 0.3) is 17.4 Å². The zero-order valence-electron chi connectivity index (χ0n) is 19.2. The van der Waals surface area contributed by atoms with Gasteiger partial charge < -0.3 is 14.3 Å². The number of aryl methyl sites for hydroxylation is 1. The van der Waals surface area contributed by atoms with Crippen molar-refractivity contribution < 1.29 is 28.6 Å². The summed E-state index contributed by atoms with van der Waals surface area (Å²) in [5.74, 6) is -1.40. The van der Waals surface area contributed by atoms with E-state index in [1.807, 2.05) is 12.1 Å². The van der Waals surface area contributed by atoms with Gasteiger partial charge in [0.05, 0.1) is 23.3 Å². The van der Waals surface area contributed by atoms with Gasteiger partial charge >= 0.3 is 11.9 Å². The SMILES string of the molecule is CCOC(=O)c1sc(CC(=O)/C(C#N)=C/c2ccc(-c3ccc(C(=O)O)cc3C)o2)c(C#N)c1C. The van der Waals surface area contributed by atoms with Crippen molar-refractivity contribution in [2.75, 3.05) is 6.61 Å². The number of nitrogens with zero attached hydrogens (tertiary/aromatic N) is 2. The summed E-state index contributed by atoms with van der Waals surface area (Å²) in [6.45, 7) is 5.23. The van der Waals surface area contributed by atoms with Crippen LogP contribution in [0.2, 0.25) is 0 Å². The molecule has 0 spiro atoms. The second-order valence-electron chi connectivity index (χ2n) is 7.49. The molecule has 0 aliphatic heterocycles. The van der Waals surface area contributed by atoms with Gasteiger partial charge in [0.25, 0.3) is 0 Å². The molecule has 0 fully saturated rings. The van der Waals surface area contributed by atoms with Gasteiger partial charge in [-0.15, -0.1) is 11.3 Å². The summed E-state index contributed by atoms with van der Waals surface area (Å²) < 4.78 is 10.8. The summed E-state index contributed by atoms with van der Waals surface area (Å²) in [5, 5.41) is 28.2. The summed E-state index contributed by atoms with van der Waals surface area (Å²) >= 11 is 1.01. The van der Waals surface area contributed by atoms with E-state index in [0.29, 0.717) is 27.3 Å². The van der Waals surface area contributed by atoms with Gasteiger partial charge in [0, 0.05) is 22.9 Å². The number of thiophene rings is 1. The Hall–Kier alpha value is -4.47. The molecule has 176 valence electrons. The van der Waals surface area contributed by atoms with Crippen LogP contribution in [0.1, 0.15) is 54.3 Å². The molecular formula is C26H20N2O6S. The van der Waals surface area contributed by atoms with Gasteiger partial charge in [-0.25, -0.2) is 9.59 Å². The molecule has 0 radical (unpaired) electrons. The number of ether oxygens (including phenoxy) is 1. The van der Waals surface area contributed by atoms with Crippen LogP contribution in [0.4, 0.5) is 0 Å². The Morgan fingerprint density at radius 3 is 2.51 bits per heavy atom.